The number of imidazole rings is 1. The van der Waals surface area contributed by atoms with Crippen molar-refractivity contribution in [1.82, 2.24) is 14.9 Å². The number of rotatable bonds is 6. The van der Waals surface area contributed by atoms with E-state index in [2.05, 4.69) is 9.97 Å². The summed E-state index contributed by atoms with van der Waals surface area (Å²) >= 11 is 1.32. The second kappa shape index (κ2) is 7.81. The molecule has 1 aliphatic rings. The predicted molar refractivity (Wildman–Crippen MR) is 111 cm³/mol. The fraction of sp³-hybridized carbons (Fsp3) is 0.200. The van der Waals surface area contributed by atoms with Gasteiger partial charge in [-0.2, -0.15) is 0 Å². The molecule has 6 nitrogen and oxygen atoms in total. The van der Waals surface area contributed by atoms with E-state index >= 15 is 0 Å². The third-order valence-electron chi connectivity index (χ3n) is 4.53. The molecule has 3 aromatic rings. The van der Waals surface area contributed by atoms with Crippen LogP contribution >= 0.6 is 11.8 Å². The molecule has 0 spiro atoms. The summed E-state index contributed by atoms with van der Waals surface area (Å²) in [6.07, 6.45) is 1.60. The maximum Gasteiger partial charge on any atom is 0.233 e. The first kappa shape index (κ1) is 18.8. The van der Waals surface area contributed by atoms with Gasteiger partial charge in [0.25, 0.3) is 0 Å². The molecule has 0 aliphatic carbocycles. The first-order valence-electron chi connectivity index (χ1n) is 8.82. The van der Waals surface area contributed by atoms with Crippen LogP contribution in [-0.4, -0.2) is 46.7 Å². The molecule has 2 heterocycles. The second-order valence-electron chi connectivity index (χ2n) is 6.58. The summed E-state index contributed by atoms with van der Waals surface area (Å²) < 4.78 is 23.7. The lowest BCUT2D eigenvalue weighted by molar-refractivity contribution is -0.130. The summed E-state index contributed by atoms with van der Waals surface area (Å²) in [6, 6.07) is 16.8. The molecule has 0 saturated heterocycles. The lowest BCUT2D eigenvalue weighted by atomic mass is 10.2. The Balaban J connectivity index is 1.50. The fourth-order valence-electron chi connectivity index (χ4n) is 3.13. The minimum atomic E-state index is -3.25. The van der Waals surface area contributed by atoms with Gasteiger partial charge in [0.05, 0.1) is 28.6 Å². The van der Waals surface area contributed by atoms with E-state index in [0.717, 1.165) is 16.6 Å². The largest absolute Gasteiger partial charge is 0.333 e. The smallest absolute Gasteiger partial charge is 0.233 e. The van der Waals surface area contributed by atoms with Gasteiger partial charge in [0.2, 0.25) is 5.91 Å². The number of benzene rings is 2. The summed E-state index contributed by atoms with van der Waals surface area (Å²) in [4.78, 5) is 22.3. The minimum Gasteiger partial charge on any atom is -0.333 e. The number of para-hydroxylation sites is 2. The molecule has 0 unspecified atom stereocenters. The van der Waals surface area contributed by atoms with Crippen molar-refractivity contribution >= 4 is 38.5 Å². The highest BCUT2D eigenvalue weighted by Gasteiger charge is 2.30. The number of aromatic nitrogens is 2. The van der Waals surface area contributed by atoms with Crippen molar-refractivity contribution in [2.45, 2.75) is 17.7 Å². The van der Waals surface area contributed by atoms with Crippen LogP contribution in [0.1, 0.15) is 5.56 Å². The molecule has 1 aromatic heterocycles. The Hall–Kier alpha value is -2.58. The summed E-state index contributed by atoms with van der Waals surface area (Å²) in [5, 5.41) is 1.87. The highest BCUT2D eigenvalue weighted by atomic mass is 32.2. The van der Waals surface area contributed by atoms with E-state index in [1.54, 1.807) is 11.0 Å². The standard InChI is InChI=1S/C20H19N3O3S2/c24-19(13-27-20-21-17-8-4-5-9-18(17)22-20)23(12-15-6-2-1-3-7-15)16-10-11-28(25,26)14-16/h1-11,16H,12-14H2,(H,21,22)/t16-/m1/s1. The molecule has 1 aliphatic heterocycles. The molecule has 2 aromatic carbocycles. The molecule has 144 valence electrons. The zero-order chi connectivity index (χ0) is 19.6. The molecular formula is C20H19N3O3S2. The molecule has 0 radical (unpaired) electrons. The maximum atomic E-state index is 13.0. The zero-order valence-corrected chi connectivity index (χ0v) is 16.6. The Labute approximate surface area is 167 Å². The third-order valence-corrected chi connectivity index (χ3v) is 6.76. The van der Waals surface area contributed by atoms with Gasteiger partial charge >= 0.3 is 0 Å². The summed E-state index contributed by atoms with van der Waals surface area (Å²) in [5.41, 5.74) is 2.73. The van der Waals surface area contributed by atoms with Crippen LogP contribution in [-0.2, 0) is 21.2 Å². The summed E-state index contributed by atoms with van der Waals surface area (Å²) in [6.45, 7) is 0.366. The Morgan fingerprint density at radius 3 is 2.61 bits per heavy atom. The van der Waals surface area contributed by atoms with Crippen molar-refractivity contribution in [1.29, 1.82) is 0 Å². The van der Waals surface area contributed by atoms with E-state index in [4.69, 9.17) is 0 Å². The molecule has 0 fully saturated rings. The molecule has 1 amide bonds. The van der Waals surface area contributed by atoms with Crippen LogP contribution in [0, 0.1) is 0 Å². The number of carbonyl (C=O) groups is 1. The third kappa shape index (κ3) is 4.28. The van der Waals surface area contributed by atoms with E-state index in [0.29, 0.717) is 11.7 Å². The van der Waals surface area contributed by atoms with E-state index < -0.39 is 15.9 Å². The van der Waals surface area contributed by atoms with Gasteiger partial charge in [-0.25, -0.2) is 13.4 Å². The molecule has 8 heteroatoms. The lowest BCUT2D eigenvalue weighted by Gasteiger charge is -2.27. The van der Waals surface area contributed by atoms with E-state index in [-0.39, 0.29) is 17.4 Å². The van der Waals surface area contributed by atoms with Gasteiger partial charge in [0.1, 0.15) is 0 Å². The topological polar surface area (TPSA) is 83.1 Å². The number of sulfone groups is 1. The van der Waals surface area contributed by atoms with Gasteiger partial charge in [-0.15, -0.1) is 0 Å². The second-order valence-corrected chi connectivity index (χ2v) is 9.48. The van der Waals surface area contributed by atoms with Crippen molar-refractivity contribution in [2.75, 3.05) is 11.5 Å². The Kier molecular flexibility index (Phi) is 5.23. The van der Waals surface area contributed by atoms with Crippen molar-refractivity contribution in [3.63, 3.8) is 0 Å². The number of aromatic amines is 1. The molecular weight excluding hydrogens is 394 g/mol. The van der Waals surface area contributed by atoms with Gasteiger partial charge in [0, 0.05) is 12.0 Å². The first-order valence-corrected chi connectivity index (χ1v) is 11.5. The molecule has 0 saturated carbocycles. The number of amides is 1. The van der Waals surface area contributed by atoms with Crippen molar-refractivity contribution in [3.05, 3.63) is 71.6 Å². The average molecular weight is 414 g/mol. The molecule has 1 atom stereocenters. The van der Waals surface area contributed by atoms with Crippen LogP contribution in [0.25, 0.3) is 11.0 Å². The van der Waals surface area contributed by atoms with Gasteiger partial charge in [-0.3, -0.25) is 4.79 Å². The van der Waals surface area contributed by atoms with Crippen LogP contribution in [0.2, 0.25) is 0 Å². The van der Waals surface area contributed by atoms with Gasteiger partial charge < -0.3 is 9.88 Å². The maximum absolute atomic E-state index is 13.0. The van der Waals surface area contributed by atoms with Crippen LogP contribution in [0.3, 0.4) is 0 Å². The Bertz CT molecular complexity index is 1090. The van der Waals surface area contributed by atoms with Crippen molar-refractivity contribution in [2.24, 2.45) is 0 Å². The Morgan fingerprint density at radius 1 is 1.14 bits per heavy atom. The minimum absolute atomic E-state index is 0.0686. The number of thioether (sulfide) groups is 1. The van der Waals surface area contributed by atoms with Crippen LogP contribution in [0.5, 0.6) is 0 Å². The summed E-state index contributed by atoms with van der Waals surface area (Å²) in [7, 11) is -3.25. The van der Waals surface area contributed by atoms with Gasteiger partial charge in [0.15, 0.2) is 15.0 Å². The number of hydrogen-bond acceptors (Lipinski definition) is 5. The average Bonchev–Trinajstić information content (AvgIpc) is 3.27. The highest BCUT2D eigenvalue weighted by Crippen LogP contribution is 2.22. The van der Waals surface area contributed by atoms with Crippen molar-refractivity contribution in [3.8, 4) is 0 Å². The molecule has 1 N–H and O–H groups in total. The number of H-pyrrole nitrogens is 1. The van der Waals surface area contributed by atoms with Crippen molar-refractivity contribution < 1.29 is 13.2 Å². The lowest BCUT2D eigenvalue weighted by Crippen LogP contribution is -2.41. The SMILES string of the molecule is O=C(CSc1nc2ccccc2[nH]1)N(Cc1ccccc1)[C@@H]1C=CS(=O)(=O)C1. The predicted octanol–water partition coefficient (Wildman–Crippen LogP) is 2.99. The van der Waals surface area contributed by atoms with Gasteiger partial charge in [-0.1, -0.05) is 54.2 Å². The molecule has 28 heavy (non-hydrogen) atoms. The fourth-order valence-corrected chi connectivity index (χ4v) is 5.20. The number of nitrogens with zero attached hydrogens (tertiary/aromatic N) is 2. The van der Waals surface area contributed by atoms with E-state index in [1.165, 1.54) is 17.2 Å². The number of nitrogens with one attached hydrogen (secondary N) is 1. The van der Waals surface area contributed by atoms with Crippen LogP contribution in [0.15, 0.2) is 71.2 Å². The summed E-state index contributed by atoms with van der Waals surface area (Å²) in [5.74, 6) is -0.0150. The van der Waals surface area contributed by atoms with E-state index in [9.17, 15) is 13.2 Å². The van der Waals surface area contributed by atoms with E-state index in [1.807, 2.05) is 54.6 Å². The van der Waals surface area contributed by atoms with Crippen LogP contribution < -0.4 is 0 Å². The normalized spacial score (nSPS) is 17.8. The number of carbonyl (C=O) groups excluding carboxylic acids is 1. The van der Waals surface area contributed by atoms with Gasteiger partial charge in [-0.05, 0) is 23.8 Å². The monoisotopic (exact) mass is 413 g/mol. The number of fused-ring (bicyclic) bond motifs is 1. The highest BCUT2D eigenvalue weighted by molar-refractivity contribution is 7.99. The zero-order valence-electron chi connectivity index (χ0n) is 15.0. The quantitative estimate of drug-likeness (QED) is 0.628. The van der Waals surface area contributed by atoms with Crippen LogP contribution in [0.4, 0.5) is 0 Å². The number of hydrogen-bond donors (Lipinski definition) is 1. The molecule has 0 bridgehead atoms. The first-order chi connectivity index (χ1) is 13.5. The Morgan fingerprint density at radius 2 is 1.89 bits per heavy atom. The molecule has 4 rings (SSSR count).